The van der Waals surface area contributed by atoms with Gasteiger partial charge in [-0.3, -0.25) is 0 Å². The van der Waals surface area contributed by atoms with Gasteiger partial charge in [-0.15, -0.1) is 0 Å². The SMILES string of the molecule is CCC1CN(C(=O)c2c(F)c(F)c(F)c(F)c2F)c2cccc([CH]=[Ru][Cl])c2O1. The van der Waals surface area contributed by atoms with E-state index in [0.717, 1.165) is 4.90 Å². The molecule has 0 fully saturated rings. The van der Waals surface area contributed by atoms with Crippen molar-refractivity contribution in [3.05, 3.63) is 58.4 Å². The predicted molar refractivity (Wildman–Crippen MR) is 90.1 cm³/mol. The molecule has 28 heavy (non-hydrogen) atoms. The third-order valence-electron chi connectivity index (χ3n) is 4.26. The number of carbonyl (C=O) groups excluding carboxylic acids is 1. The Labute approximate surface area is 168 Å². The summed E-state index contributed by atoms with van der Waals surface area (Å²) in [5.41, 5.74) is -0.756. The fraction of sp³-hybridized carbons (Fsp3) is 0.222. The number of ether oxygens (including phenoxy) is 1. The number of halogens is 6. The number of amides is 1. The quantitative estimate of drug-likeness (QED) is 0.264. The van der Waals surface area contributed by atoms with Gasteiger partial charge < -0.3 is 0 Å². The summed E-state index contributed by atoms with van der Waals surface area (Å²) in [6.07, 6.45) is -0.0819. The zero-order chi connectivity index (χ0) is 20.6. The first-order chi connectivity index (χ1) is 13.3. The molecule has 1 aliphatic heterocycles. The van der Waals surface area contributed by atoms with Crippen LogP contribution in [-0.2, 0) is 15.7 Å². The first-order valence-electron chi connectivity index (χ1n) is 8.00. The second-order valence-corrected chi connectivity index (χ2v) is 7.68. The first-order valence-corrected chi connectivity index (χ1v) is 11.2. The third kappa shape index (κ3) is 3.46. The van der Waals surface area contributed by atoms with Gasteiger partial charge in [0.25, 0.3) is 0 Å². The Kier molecular flexibility index (Phi) is 6.15. The molecule has 3 nitrogen and oxygen atoms in total. The molecule has 0 bridgehead atoms. The summed E-state index contributed by atoms with van der Waals surface area (Å²) in [5, 5.41) is 0. The third-order valence-corrected chi connectivity index (χ3v) is 5.45. The van der Waals surface area contributed by atoms with E-state index in [0.29, 0.717) is 12.0 Å². The number of para-hydroxylation sites is 1. The number of benzene rings is 2. The van der Waals surface area contributed by atoms with Crippen LogP contribution in [-0.4, -0.2) is 23.2 Å². The van der Waals surface area contributed by atoms with Gasteiger partial charge in [0.2, 0.25) is 0 Å². The van der Waals surface area contributed by atoms with Gasteiger partial charge in [0.05, 0.1) is 0 Å². The molecule has 3 rings (SSSR count). The van der Waals surface area contributed by atoms with E-state index in [-0.39, 0.29) is 18.0 Å². The predicted octanol–water partition coefficient (Wildman–Crippen LogP) is 4.59. The van der Waals surface area contributed by atoms with Gasteiger partial charge in [-0.25, -0.2) is 0 Å². The van der Waals surface area contributed by atoms with Crippen molar-refractivity contribution in [2.45, 2.75) is 19.4 Å². The van der Waals surface area contributed by atoms with E-state index in [2.05, 4.69) is 0 Å². The second kappa shape index (κ2) is 8.25. The summed E-state index contributed by atoms with van der Waals surface area (Å²) < 4.78 is 76.3. The summed E-state index contributed by atoms with van der Waals surface area (Å²) in [5.74, 6) is -12.1. The van der Waals surface area contributed by atoms with E-state index >= 15 is 0 Å². The fourth-order valence-corrected chi connectivity index (χ4v) is 3.93. The Morgan fingerprint density at radius 2 is 1.79 bits per heavy atom. The number of fused-ring (bicyclic) bond motifs is 1. The van der Waals surface area contributed by atoms with E-state index in [1.54, 1.807) is 23.7 Å². The van der Waals surface area contributed by atoms with Crippen LogP contribution in [0.5, 0.6) is 5.75 Å². The van der Waals surface area contributed by atoms with Gasteiger partial charge in [-0.2, -0.15) is 0 Å². The van der Waals surface area contributed by atoms with Crippen LogP contribution in [0.25, 0.3) is 0 Å². The molecule has 1 heterocycles. The van der Waals surface area contributed by atoms with Crippen LogP contribution in [0.1, 0.15) is 29.3 Å². The standard InChI is InChI=1S/C18H12F5NO2.ClH.Ru/c1-3-9-7-24(10-6-4-5-8(2)17(10)26-9)18(25)11-12(19)14(21)16(23)15(22)13(11)20;;/h2,4-6,9H,3,7H2,1H3;1H;/q;;+1/p-1. The normalized spacial score (nSPS) is 16.5. The molecule has 151 valence electrons. The maximum atomic E-state index is 14.1. The van der Waals surface area contributed by atoms with E-state index < -0.39 is 62.3 Å². The molecule has 1 amide bonds. The van der Waals surface area contributed by atoms with Crippen LogP contribution in [0, 0.1) is 29.1 Å². The number of rotatable bonds is 3. The van der Waals surface area contributed by atoms with Crippen molar-refractivity contribution in [1.82, 2.24) is 0 Å². The average Bonchev–Trinajstić information content (AvgIpc) is 2.70. The number of hydrogen-bond donors (Lipinski definition) is 0. The van der Waals surface area contributed by atoms with Crippen LogP contribution in [0.2, 0.25) is 0 Å². The van der Waals surface area contributed by atoms with Crippen LogP contribution < -0.4 is 9.64 Å². The molecule has 1 unspecified atom stereocenters. The van der Waals surface area contributed by atoms with Crippen molar-refractivity contribution in [3.63, 3.8) is 0 Å². The van der Waals surface area contributed by atoms with Crippen molar-refractivity contribution in [2.75, 3.05) is 11.4 Å². The molecule has 10 heteroatoms. The molecule has 2 aromatic rings. The minimum atomic E-state index is -2.32. The Hall–Kier alpha value is -1.86. The molecule has 1 atom stereocenters. The van der Waals surface area contributed by atoms with E-state index in [9.17, 15) is 26.7 Å². The molecule has 0 N–H and O–H groups in total. The molecule has 0 aliphatic carbocycles. The van der Waals surface area contributed by atoms with Gasteiger partial charge in [-0.1, -0.05) is 0 Å². The van der Waals surface area contributed by atoms with Crippen LogP contribution in [0.4, 0.5) is 27.6 Å². The Bertz CT molecular complexity index is 956. The van der Waals surface area contributed by atoms with Crippen molar-refractivity contribution < 1.29 is 47.2 Å². The zero-order valence-corrected chi connectivity index (χ0v) is 16.7. The molecule has 1 aliphatic rings. The molecular formula is C18H12ClF5NO2Ru. The van der Waals surface area contributed by atoms with Crippen molar-refractivity contribution >= 4 is 25.9 Å². The molecule has 0 spiro atoms. The van der Waals surface area contributed by atoms with Gasteiger partial charge in [0.15, 0.2) is 0 Å². The average molecular weight is 506 g/mol. The molecule has 0 saturated carbocycles. The van der Waals surface area contributed by atoms with E-state index in [1.165, 1.54) is 6.07 Å². The van der Waals surface area contributed by atoms with Gasteiger partial charge in [-0.05, 0) is 0 Å². The Morgan fingerprint density at radius 1 is 1.18 bits per heavy atom. The van der Waals surface area contributed by atoms with Gasteiger partial charge >= 0.3 is 168 Å². The molecule has 0 aromatic heterocycles. The minimum absolute atomic E-state index is 0.112. The van der Waals surface area contributed by atoms with Crippen molar-refractivity contribution in [2.24, 2.45) is 0 Å². The number of nitrogens with zero attached hydrogens (tertiary/aromatic N) is 1. The summed E-state index contributed by atoms with van der Waals surface area (Å²) in [4.78, 5) is 13.8. The first kappa shape index (κ1) is 20.9. The van der Waals surface area contributed by atoms with Crippen LogP contribution >= 0.6 is 9.69 Å². The molecule has 0 saturated heterocycles. The summed E-state index contributed by atoms with van der Waals surface area (Å²) in [7, 11) is 5.82. The monoisotopic (exact) mass is 506 g/mol. The maximum absolute atomic E-state index is 14.1. The topological polar surface area (TPSA) is 29.5 Å². The zero-order valence-electron chi connectivity index (χ0n) is 14.2. The summed E-state index contributed by atoms with van der Waals surface area (Å²) >= 11 is -0.631. The fourth-order valence-electron chi connectivity index (χ4n) is 2.84. The number of carbonyl (C=O) groups is 1. The van der Waals surface area contributed by atoms with Crippen molar-refractivity contribution in [1.29, 1.82) is 0 Å². The van der Waals surface area contributed by atoms with E-state index in [1.807, 2.05) is 0 Å². The summed E-state index contributed by atoms with van der Waals surface area (Å²) in [6, 6.07) is 4.73. The molecule has 0 radical (unpaired) electrons. The van der Waals surface area contributed by atoms with Crippen molar-refractivity contribution in [3.8, 4) is 5.75 Å². The number of anilines is 1. The molecular weight excluding hydrogens is 494 g/mol. The summed E-state index contributed by atoms with van der Waals surface area (Å²) in [6.45, 7) is 1.66. The molecule has 2 aromatic carbocycles. The van der Waals surface area contributed by atoms with Gasteiger partial charge in [0.1, 0.15) is 0 Å². The Morgan fingerprint density at radius 3 is 2.36 bits per heavy atom. The van der Waals surface area contributed by atoms with Crippen LogP contribution in [0.3, 0.4) is 0 Å². The van der Waals surface area contributed by atoms with Gasteiger partial charge in [0, 0.05) is 0 Å². The Balaban J connectivity index is 2.18. The second-order valence-electron chi connectivity index (χ2n) is 5.88. The number of hydrogen-bond acceptors (Lipinski definition) is 2. The van der Waals surface area contributed by atoms with E-state index in [4.69, 9.17) is 14.4 Å². The van der Waals surface area contributed by atoms with Crippen LogP contribution in [0.15, 0.2) is 18.2 Å².